The van der Waals surface area contributed by atoms with E-state index in [1.54, 1.807) is 6.33 Å². The highest BCUT2D eigenvalue weighted by Crippen LogP contribution is 2.15. The van der Waals surface area contributed by atoms with Crippen molar-refractivity contribution in [2.24, 2.45) is 0 Å². The van der Waals surface area contributed by atoms with Crippen molar-refractivity contribution in [3.63, 3.8) is 0 Å². The van der Waals surface area contributed by atoms with Crippen LogP contribution in [0.1, 0.15) is 31.3 Å². The fourth-order valence-electron chi connectivity index (χ4n) is 1.78. The maximum atomic E-state index is 4.27. The number of aromatic nitrogens is 3. The number of rotatable bonds is 5. The van der Waals surface area contributed by atoms with E-state index >= 15 is 0 Å². The van der Waals surface area contributed by atoms with Gasteiger partial charge in [0.05, 0.1) is 6.54 Å². The van der Waals surface area contributed by atoms with Crippen molar-refractivity contribution in [1.29, 1.82) is 0 Å². The third kappa shape index (κ3) is 3.17. The average molecular weight is 309 g/mol. The molecule has 1 N–H and O–H groups in total. The van der Waals surface area contributed by atoms with E-state index in [1.165, 1.54) is 5.56 Å². The summed E-state index contributed by atoms with van der Waals surface area (Å²) >= 11 is 3.54. The molecule has 0 amide bonds. The standard InChI is InChI=1S/C13H17BrN4/c1-10(2)18-13(16-9-17-18)8-15-7-11-5-3-4-6-12(11)14/h3-6,9-10,15H,7-8H2,1-2H3. The van der Waals surface area contributed by atoms with E-state index in [-0.39, 0.29) is 0 Å². The molecule has 0 atom stereocenters. The van der Waals surface area contributed by atoms with Crippen LogP contribution >= 0.6 is 15.9 Å². The molecule has 0 aliphatic heterocycles. The van der Waals surface area contributed by atoms with Gasteiger partial charge in [0.15, 0.2) is 0 Å². The van der Waals surface area contributed by atoms with Crippen molar-refractivity contribution in [3.05, 3.63) is 46.5 Å². The predicted octanol–water partition coefficient (Wildman–Crippen LogP) is 2.91. The number of halogens is 1. The van der Waals surface area contributed by atoms with E-state index in [0.717, 1.165) is 23.4 Å². The van der Waals surface area contributed by atoms with Crippen LogP contribution in [0.3, 0.4) is 0 Å². The quantitative estimate of drug-likeness (QED) is 0.923. The third-order valence-electron chi connectivity index (χ3n) is 2.69. The summed E-state index contributed by atoms with van der Waals surface area (Å²) in [5.74, 6) is 0.969. The SMILES string of the molecule is CC(C)n1ncnc1CNCc1ccccc1Br. The van der Waals surface area contributed by atoms with Crippen LogP contribution in [0.5, 0.6) is 0 Å². The van der Waals surface area contributed by atoms with Gasteiger partial charge in [-0.25, -0.2) is 9.67 Å². The minimum atomic E-state index is 0.341. The molecule has 96 valence electrons. The molecule has 0 unspecified atom stereocenters. The third-order valence-corrected chi connectivity index (χ3v) is 3.47. The largest absolute Gasteiger partial charge is 0.306 e. The normalized spacial score (nSPS) is 11.1. The molecule has 2 aromatic rings. The zero-order chi connectivity index (χ0) is 13.0. The lowest BCUT2D eigenvalue weighted by Gasteiger charge is -2.10. The zero-order valence-electron chi connectivity index (χ0n) is 10.6. The summed E-state index contributed by atoms with van der Waals surface area (Å²) in [6.07, 6.45) is 1.61. The molecular formula is C13H17BrN4. The van der Waals surface area contributed by atoms with Gasteiger partial charge in [-0.05, 0) is 25.5 Å². The smallest absolute Gasteiger partial charge is 0.141 e. The lowest BCUT2D eigenvalue weighted by atomic mass is 10.2. The van der Waals surface area contributed by atoms with Crippen molar-refractivity contribution < 1.29 is 0 Å². The minimum Gasteiger partial charge on any atom is -0.306 e. The first-order chi connectivity index (χ1) is 8.68. The maximum Gasteiger partial charge on any atom is 0.141 e. The molecule has 0 saturated carbocycles. The van der Waals surface area contributed by atoms with Gasteiger partial charge in [-0.1, -0.05) is 34.1 Å². The Bertz CT molecular complexity index is 507. The molecule has 0 fully saturated rings. The van der Waals surface area contributed by atoms with Gasteiger partial charge >= 0.3 is 0 Å². The minimum absolute atomic E-state index is 0.341. The number of nitrogens with zero attached hydrogens (tertiary/aromatic N) is 3. The number of hydrogen-bond acceptors (Lipinski definition) is 3. The van der Waals surface area contributed by atoms with Gasteiger partial charge in [0.2, 0.25) is 0 Å². The summed E-state index contributed by atoms with van der Waals surface area (Å²) in [5.41, 5.74) is 1.24. The Morgan fingerprint density at radius 3 is 2.78 bits per heavy atom. The Hall–Kier alpha value is -1.20. The topological polar surface area (TPSA) is 42.7 Å². The zero-order valence-corrected chi connectivity index (χ0v) is 12.2. The molecule has 0 spiro atoms. The van der Waals surface area contributed by atoms with Crippen molar-refractivity contribution in [2.45, 2.75) is 33.0 Å². The molecule has 4 nitrogen and oxygen atoms in total. The van der Waals surface area contributed by atoms with Crippen LogP contribution in [0.25, 0.3) is 0 Å². The summed E-state index contributed by atoms with van der Waals surface area (Å²) in [4.78, 5) is 4.27. The van der Waals surface area contributed by atoms with E-state index in [9.17, 15) is 0 Å². The molecule has 0 bridgehead atoms. The highest BCUT2D eigenvalue weighted by molar-refractivity contribution is 9.10. The fraction of sp³-hybridized carbons (Fsp3) is 0.385. The van der Waals surface area contributed by atoms with Crippen LogP contribution < -0.4 is 5.32 Å². The molecule has 0 radical (unpaired) electrons. The van der Waals surface area contributed by atoms with E-state index in [2.05, 4.69) is 51.2 Å². The fourth-order valence-corrected chi connectivity index (χ4v) is 2.21. The van der Waals surface area contributed by atoms with Gasteiger partial charge in [0.25, 0.3) is 0 Å². The highest BCUT2D eigenvalue weighted by atomic mass is 79.9. The monoisotopic (exact) mass is 308 g/mol. The first-order valence-corrected chi connectivity index (χ1v) is 6.80. The van der Waals surface area contributed by atoms with Gasteiger partial charge in [0, 0.05) is 17.1 Å². The van der Waals surface area contributed by atoms with Crippen LogP contribution in [0, 0.1) is 0 Å². The summed E-state index contributed by atoms with van der Waals surface area (Å²) in [7, 11) is 0. The van der Waals surface area contributed by atoms with Crippen LogP contribution in [0.4, 0.5) is 0 Å². The molecular weight excluding hydrogens is 292 g/mol. The molecule has 1 aromatic heterocycles. The first kappa shape index (κ1) is 13.2. The molecule has 0 saturated heterocycles. The van der Waals surface area contributed by atoms with Crippen molar-refractivity contribution >= 4 is 15.9 Å². The van der Waals surface area contributed by atoms with E-state index in [4.69, 9.17) is 0 Å². The average Bonchev–Trinajstić information content (AvgIpc) is 2.80. The van der Waals surface area contributed by atoms with Crippen LogP contribution in [0.15, 0.2) is 35.1 Å². The Balaban J connectivity index is 1.93. The lowest BCUT2D eigenvalue weighted by molar-refractivity contribution is 0.490. The van der Waals surface area contributed by atoms with E-state index < -0.39 is 0 Å². The van der Waals surface area contributed by atoms with Crippen molar-refractivity contribution in [2.75, 3.05) is 0 Å². The molecule has 5 heteroatoms. The van der Waals surface area contributed by atoms with Crippen LogP contribution in [-0.4, -0.2) is 14.8 Å². The second-order valence-electron chi connectivity index (χ2n) is 4.41. The molecule has 1 heterocycles. The Labute approximate surface area is 116 Å². The van der Waals surface area contributed by atoms with E-state index in [1.807, 2.05) is 22.9 Å². The van der Waals surface area contributed by atoms with E-state index in [0.29, 0.717) is 6.04 Å². The number of benzene rings is 1. The van der Waals surface area contributed by atoms with Gasteiger partial charge in [-0.2, -0.15) is 5.10 Å². The summed E-state index contributed by atoms with van der Waals surface area (Å²) in [6, 6.07) is 8.55. The van der Waals surface area contributed by atoms with Gasteiger partial charge in [0.1, 0.15) is 12.2 Å². The lowest BCUT2D eigenvalue weighted by Crippen LogP contribution is -2.18. The van der Waals surface area contributed by atoms with Gasteiger partial charge < -0.3 is 5.32 Å². The van der Waals surface area contributed by atoms with Gasteiger partial charge in [-0.15, -0.1) is 0 Å². The van der Waals surface area contributed by atoms with Crippen LogP contribution in [0.2, 0.25) is 0 Å². The molecule has 18 heavy (non-hydrogen) atoms. The van der Waals surface area contributed by atoms with Crippen molar-refractivity contribution in [3.8, 4) is 0 Å². The van der Waals surface area contributed by atoms with Crippen molar-refractivity contribution in [1.82, 2.24) is 20.1 Å². The number of hydrogen-bond donors (Lipinski definition) is 1. The first-order valence-electron chi connectivity index (χ1n) is 6.01. The Morgan fingerprint density at radius 2 is 2.06 bits per heavy atom. The molecule has 0 aliphatic carbocycles. The molecule has 2 rings (SSSR count). The Kier molecular flexibility index (Phi) is 4.49. The Morgan fingerprint density at radius 1 is 1.28 bits per heavy atom. The summed E-state index contributed by atoms with van der Waals surface area (Å²) in [6.45, 7) is 5.74. The summed E-state index contributed by atoms with van der Waals surface area (Å²) < 4.78 is 3.07. The maximum absolute atomic E-state index is 4.27. The second kappa shape index (κ2) is 6.11. The number of nitrogens with one attached hydrogen (secondary N) is 1. The molecule has 0 aliphatic rings. The highest BCUT2D eigenvalue weighted by Gasteiger charge is 2.07. The van der Waals surface area contributed by atoms with Gasteiger partial charge in [-0.3, -0.25) is 0 Å². The van der Waals surface area contributed by atoms with Crippen LogP contribution in [-0.2, 0) is 13.1 Å². The second-order valence-corrected chi connectivity index (χ2v) is 5.26. The predicted molar refractivity (Wildman–Crippen MR) is 75.1 cm³/mol. The molecule has 1 aromatic carbocycles. The summed E-state index contributed by atoms with van der Waals surface area (Å²) in [5, 5.41) is 7.60.